The van der Waals surface area contributed by atoms with Crippen molar-refractivity contribution in [3.63, 3.8) is 0 Å². The van der Waals surface area contributed by atoms with Crippen molar-refractivity contribution in [1.29, 1.82) is 0 Å². The van der Waals surface area contributed by atoms with Gasteiger partial charge in [-0.2, -0.15) is 0 Å². The van der Waals surface area contributed by atoms with Gasteiger partial charge in [0, 0.05) is 6.54 Å². The zero-order chi connectivity index (χ0) is 10.8. The molecule has 86 valence electrons. The molecule has 2 aliphatic heterocycles. The molecular weight excluding hydrogens is 202 g/mol. The van der Waals surface area contributed by atoms with Gasteiger partial charge < -0.3 is 14.8 Å². The molecule has 2 aliphatic rings. The van der Waals surface area contributed by atoms with E-state index in [1.807, 2.05) is 0 Å². The lowest BCUT2D eigenvalue weighted by molar-refractivity contribution is 0.0466. The zero-order valence-corrected chi connectivity index (χ0v) is 9.32. The second-order valence-electron chi connectivity index (χ2n) is 4.50. The third kappa shape index (κ3) is 1.98. The third-order valence-electron chi connectivity index (χ3n) is 3.46. The van der Waals surface area contributed by atoms with Crippen molar-refractivity contribution in [3.05, 3.63) is 35.4 Å². The average Bonchev–Trinajstić information content (AvgIpc) is 3.03. The lowest BCUT2D eigenvalue weighted by atomic mass is 9.96. The van der Waals surface area contributed by atoms with E-state index >= 15 is 0 Å². The fraction of sp³-hybridized carbons (Fsp3) is 0.538. The van der Waals surface area contributed by atoms with Gasteiger partial charge in [-0.15, -0.1) is 0 Å². The summed E-state index contributed by atoms with van der Waals surface area (Å²) in [5.74, 6) is 0.690. The van der Waals surface area contributed by atoms with E-state index in [4.69, 9.17) is 9.47 Å². The number of hydrogen-bond acceptors (Lipinski definition) is 3. The molecule has 3 heteroatoms. The van der Waals surface area contributed by atoms with E-state index in [1.54, 1.807) is 0 Å². The van der Waals surface area contributed by atoms with Crippen LogP contribution in [0.1, 0.15) is 29.6 Å². The van der Waals surface area contributed by atoms with Crippen molar-refractivity contribution in [2.75, 3.05) is 26.5 Å². The molecule has 0 radical (unpaired) electrons. The molecule has 2 atom stereocenters. The minimum Gasteiger partial charge on any atom is -0.352 e. The number of nitrogens with one attached hydrogen (secondary N) is 1. The van der Waals surface area contributed by atoms with Gasteiger partial charge >= 0.3 is 0 Å². The topological polar surface area (TPSA) is 30.5 Å². The molecule has 2 saturated heterocycles. The van der Waals surface area contributed by atoms with Gasteiger partial charge in [0.2, 0.25) is 0 Å². The summed E-state index contributed by atoms with van der Waals surface area (Å²) in [4.78, 5) is 0. The van der Waals surface area contributed by atoms with Crippen LogP contribution in [0.5, 0.6) is 0 Å². The molecule has 1 aromatic carbocycles. The van der Waals surface area contributed by atoms with Gasteiger partial charge in [-0.05, 0) is 30.0 Å². The molecule has 2 unspecified atom stereocenters. The zero-order valence-electron chi connectivity index (χ0n) is 9.32. The quantitative estimate of drug-likeness (QED) is 0.823. The minimum atomic E-state index is 0.135. The first-order valence-corrected chi connectivity index (χ1v) is 5.93. The largest absolute Gasteiger partial charge is 0.352 e. The average molecular weight is 219 g/mol. The van der Waals surface area contributed by atoms with Gasteiger partial charge in [-0.3, -0.25) is 0 Å². The Kier molecular flexibility index (Phi) is 2.91. The van der Waals surface area contributed by atoms with Gasteiger partial charge in [0.15, 0.2) is 0 Å². The molecule has 1 N–H and O–H groups in total. The Morgan fingerprint density at radius 3 is 2.56 bits per heavy atom. The predicted molar refractivity (Wildman–Crippen MR) is 61.3 cm³/mol. The first-order chi connectivity index (χ1) is 7.93. The molecule has 0 aromatic heterocycles. The van der Waals surface area contributed by atoms with Crippen LogP contribution < -0.4 is 5.32 Å². The van der Waals surface area contributed by atoms with Crippen molar-refractivity contribution >= 4 is 0 Å². The van der Waals surface area contributed by atoms with E-state index in [1.165, 1.54) is 17.5 Å². The highest BCUT2D eigenvalue weighted by Gasteiger charge is 2.20. The standard InChI is InChI=1S/C13H17NO2/c1-3-11(13-8-15-9-16-13)4-2-10(1)12-5-6-14-7-12/h1-4,12-14H,5-9H2. The molecule has 0 aliphatic carbocycles. The van der Waals surface area contributed by atoms with E-state index in [-0.39, 0.29) is 6.10 Å². The number of rotatable bonds is 2. The normalized spacial score (nSPS) is 29.8. The summed E-state index contributed by atoms with van der Waals surface area (Å²) in [6.45, 7) is 3.37. The second kappa shape index (κ2) is 4.53. The Labute approximate surface area is 95.8 Å². The Bertz CT molecular complexity index is 302. The monoisotopic (exact) mass is 219 g/mol. The van der Waals surface area contributed by atoms with Crippen LogP contribution in [0.25, 0.3) is 0 Å². The number of benzene rings is 1. The molecule has 2 fully saturated rings. The highest BCUT2D eigenvalue weighted by Crippen LogP contribution is 2.26. The van der Waals surface area contributed by atoms with Crippen LogP contribution in [0.2, 0.25) is 0 Å². The van der Waals surface area contributed by atoms with Crippen LogP contribution in [0, 0.1) is 0 Å². The first kappa shape index (κ1) is 10.3. The molecule has 0 amide bonds. The van der Waals surface area contributed by atoms with Gasteiger partial charge in [-0.1, -0.05) is 24.3 Å². The molecule has 0 bridgehead atoms. The minimum absolute atomic E-state index is 0.135. The Morgan fingerprint density at radius 2 is 1.94 bits per heavy atom. The Hall–Kier alpha value is -0.900. The molecule has 2 heterocycles. The SMILES string of the molecule is c1cc(C2COCO2)ccc1C1CCNC1. The van der Waals surface area contributed by atoms with Crippen molar-refractivity contribution in [2.24, 2.45) is 0 Å². The van der Waals surface area contributed by atoms with Crippen molar-refractivity contribution < 1.29 is 9.47 Å². The lowest BCUT2D eigenvalue weighted by Crippen LogP contribution is -2.08. The third-order valence-corrected chi connectivity index (χ3v) is 3.46. The summed E-state index contributed by atoms with van der Waals surface area (Å²) in [6.07, 6.45) is 1.39. The van der Waals surface area contributed by atoms with Gasteiger partial charge in [0.05, 0.1) is 6.61 Å². The Morgan fingerprint density at radius 1 is 1.12 bits per heavy atom. The van der Waals surface area contributed by atoms with Crippen LogP contribution in [0.15, 0.2) is 24.3 Å². The van der Waals surface area contributed by atoms with E-state index in [0.717, 1.165) is 13.1 Å². The molecular formula is C13H17NO2. The molecule has 1 aromatic rings. The van der Waals surface area contributed by atoms with Crippen molar-refractivity contribution in [1.82, 2.24) is 5.32 Å². The van der Waals surface area contributed by atoms with Crippen molar-refractivity contribution in [3.8, 4) is 0 Å². The predicted octanol–water partition coefficient (Wildman–Crippen LogP) is 1.81. The maximum atomic E-state index is 5.47. The molecule has 16 heavy (non-hydrogen) atoms. The Balaban J connectivity index is 1.73. The highest BCUT2D eigenvalue weighted by atomic mass is 16.7. The van der Waals surface area contributed by atoms with Crippen molar-refractivity contribution in [2.45, 2.75) is 18.4 Å². The number of ether oxygens (including phenoxy) is 2. The van der Waals surface area contributed by atoms with Crippen LogP contribution >= 0.6 is 0 Å². The lowest BCUT2D eigenvalue weighted by Gasteiger charge is -2.12. The summed E-state index contributed by atoms with van der Waals surface area (Å²) >= 11 is 0. The van der Waals surface area contributed by atoms with E-state index in [2.05, 4.69) is 29.6 Å². The summed E-state index contributed by atoms with van der Waals surface area (Å²) in [5, 5.41) is 3.40. The molecule has 0 spiro atoms. The number of hydrogen-bond donors (Lipinski definition) is 1. The van der Waals surface area contributed by atoms with Crippen LogP contribution in [0.3, 0.4) is 0 Å². The molecule has 3 nitrogen and oxygen atoms in total. The maximum absolute atomic E-state index is 5.47. The van der Waals surface area contributed by atoms with Crippen LogP contribution in [-0.4, -0.2) is 26.5 Å². The van der Waals surface area contributed by atoms with Gasteiger partial charge in [-0.25, -0.2) is 0 Å². The van der Waals surface area contributed by atoms with Crippen LogP contribution in [0.4, 0.5) is 0 Å². The smallest absolute Gasteiger partial charge is 0.147 e. The first-order valence-electron chi connectivity index (χ1n) is 5.93. The summed E-state index contributed by atoms with van der Waals surface area (Å²) in [5.41, 5.74) is 2.67. The molecule has 3 rings (SSSR count). The van der Waals surface area contributed by atoms with Crippen LogP contribution in [-0.2, 0) is 9.47 Å². The highest BCUT2D eigenvalue weighted by molar-refractivity contribution is 5.28. The summed E-state index contributed by atoms with van der Waals surface area (Å²) in [6, 6.07) is 8.81. The maximum Gasteiger partial charge on any atom is 0.147 e. The second-order valence-corrected chi connectivity index (χ2v) is 4.50. The fourth-order valence-corrected chi connectivity index (χ4v) is 2.45. The van der Waals surface area contributed by atoms with E-state index < -0.39 is 0 Å². The van der Waals surface area contributed by atoms with Gasteiger partial charge in [0.25, 0.3) is 0 Å². The fourth-order valence-electron chi connectivity index (χ4n) is 2.45. The summed E-state index contributed by atoms with van der Waals surface area (Å²) in [7, 11) is 0. The van der Waals surface area contributed by atoms with Gasteiger partial charge in [0.1, 0.15) is 12.9 Å². The molecule has 0 saturated carbocycles. The van der Waals surface area contributed by atoms with E-state index in [9.17, 15) is 0 Å². The van der Waals surface area contributed by atoms with E-state index in [0.29, 0.717) is 19.3 Å². The summed E-state index contributed by atoms with van der Waals surface area (Å²) < 4.78 is 10.7.